The fourth-order valence-corrected chi connectivity index (χ4v) is 3.89. The van der Waals surface area contributed by atoms with Gasteiger partial charge in [-0.15, -0.1) is 0 Å². The van der Waals surface area contributed by atoms with Crippen LogP contribution < -0.4 is 10.6 Å². The first-order valence-electron chi connectivity index (χ1n) is 7.49. The molecule has 0 spiro atoms. The molecule has 4 rings (SSSR count). The molecule has 2 fully saturated rings. The SMILES string of the molecule is Cc1nc2ccccc2nc1N1C2CCC1CC(N)C2. The second-order valence-electron chi connectivity index (χ2n) is 6.15. The molecule has 20 heavy (non-hydrogen) atoms. The maximum Gasteiger partial charge on any atom is 0.151 e. The average Bonchev–Trinajstić information content (AvgIpc) is 2.70. The molecule has 0 aliphatic carbocycles. The van der Waals surface area contributed by atoms with Gasteiger partial charge >= 0.3 is 0 Å². The number of aryl methyl sites for hydroxylation is 1. The van der Waals surface area contributed by atoms with Crippen LogP contribution in [0.5, 0.6) is 0 Å². The molecule has 2 unspecified atom stereocenters. The zero-order valence-corrected chi connectivity index (χ0v) is 11.8. The molecule has 0 amide bonds. The molecule has 104 valence electrons. The van der Waals surface area contributed by atoms with E-state index < -0.39 is 0 Å². The Hall–Kier alpha value is -1.68. The van der Waals surface area contributed by atoms with E-state index in [1.54, 1.807) is 0 Å². The average molecular weight is 268 g/mol. The molecule has 2 aliphatic rings. The quantitative estimate of drug-likeness (QED) is 0.863. The molecular formula is C16H20N4. The standard InChI is InChI=1S/C16H20N4/c1-10-16(19-15-5-3-2-4-14(15)18-10)20-12-6-7-13(20)9-11(17)8-12/h2-5,11-13H,6-9,17H2,1H3. The van der Waals surface area contributed by atoms with Gasteiger partial charge in [0.25, 0.3) is 0 Å². The lowest BCUT2D eigenvalue weighted by atomic mass is 9.98. The highest BCUT2D eigenvalue weighted by Crippen LogP contribution is 2.39. The molecule has 3 heterocycles. The van der Waals surface area contributed by atoms with Crippen molar-refractivity contribution in [3.63, 3.8) is 0 Å². The number of nitrogens with two attached hydrogens (primary N) is 1. The minimum absolute atomic E-state index is 0.359. The van der Waals surface area contributed by atoms with Gasteiger partial charge in [0.1, 0.15) is 0 Å². The summed E-state index contributed by atoms with van der Waals surface area (Å²) < 4.78 is 0. The van der Waals surface area contributed by atoms with Gasteiger partial charge < -0.3 is 10.6 Å². The van der Waals surface area contributed by atoms with E-state index in [1.807, 2.05) is 24.3 Å². The summed E-state index contributed by atoms with van der Waals surface area (Å²) in [5, 5.41) is 0. The molecule has 0 radical (unpaired) electrons. The lowest BCUT2D eigenvalue weighted by Gasteiger charge is -2.39. The van der Waals surface area contributed by atoms with Crippen LogP contribution in [0.3, 0.4) is 0 Å². The predicted molar refractivity (Wildman–Crippen MR) is 80.8 cm³/mol. The fraction of sp³-hybridized carbons (Fsp3) is 0.500. The zero-order valence-electron chi connectivity index (χ0n) is 11.8. The van der Waals surface area contributed by atoms with Crippen LogP contribution in [0.25, 0.3) is 11.0 Å². The van der Waals surface area contributed by atoms with Crippen LogP contribution in [0.2, 0.25) is 0 Å². The van der Waals surface area contributed by atoms with Crippen molar-refractivity contribution in [3.05, 3.63) is 30.0 Å². The molecule has 4 heteroatoms. The summed E-state index contributed by atoms with van der Waals surface area (Å²) in [5.74, 6) is 1.07. The molecule has 1 aromatic carbocycles. The summed E-state index contributed by atoms with van der Waals surface area (Å²) in [5.41, 5.74) is 9.17. The van der Waals surface area contributed by atoms with Gasteiger partial charge in [0, 0.05) is 18.1 Å². The van der Waals surface area contributed by atoms with Crippen LogP contribution in [0.15, 0.2) is 24.3 Å². The molecule has 2 saturated heterocycles. The van der Waals surface area contributed by atoms with E-state index in [-0.39, 0.29) is 0 Å². The number of nitrogens with zero attached hydrogens (tertiary/aromatic N) is 3. The van der Waals surface area contributed by atoms with Crippen LogP contribution in [-0.2, 0) is 0 Å². The van der Waals surface area contributed by atoms with E-state index in [2.05, 4.69) is 11.8 Å². The largest absolute Gasteiger partial charge is 0.349 e. The van der Waals surface area contributed by atoms with E-state index in [0.29, 0.717) is 18.1 Å². The van der Waals surface area contributed by atoms with Crippen LogP contribution in [0.1, 0.15) is 31.4 Å². The number of anilines is 1. The number of fused-ring (bicyclic) bond motifs is 3. The lowest BCUT2D eigenvalue weighted by Crippen LogP contribution is -2.48. The second kappa shape index (κ2) is 4.42. The van der Waals surface area contributed by atoms with Gasteiger partial charge in [-0.25, -0.2) is 9.97 Å². The number of hydrogen-bond acceptors (Lipinski definition) is 4. The van der Waals surface area contributed by atoms with Gasteiger partial charge in [-0.2, -0.15) is 0 Å². The monoisotopic (exact) mass is 268 g/mol. The normalized spacial score (nSPS) is 29.1. The maximum absolute atomic E-state index is 6.16. The van der Waals surface area contributed by atoms with Gasteiger partial charge in [0.2, 0.25) is 0 Å². The first-order chi connectivity index (χ1) is 9.72. The van der Waals surface area contributed by atoms with Gasteiger partial charge in [-0.05, 0) is 44.7 Å². The molecule has 2 N–H and O–H groups in total. The van der Waals surface area contributed by atoms with Crippen molar-refractivity contribution in [2.24, 2.45) is 5.73 Å². The highest BCUT2D eigenvalue weighted by Gasteiger charge is 2.41. The summed E-state index contributed by atoms with van der Waals surface area (Å²) in [6.45, 7) is 2.07. The zero-order chi connectivity index (χ0) is 13.7. The third kappa shape index (κ3) is 1.79. The summed E-state index contributed by atoms with van der Waals surface area (Å²) in [6.07, 6.45) is 4.66. The smallest absolute Gasteiger partial charge is 0.151 e. The van der Waals surface area contributed by atoms with Crippen molar-refractivity contribution >= 4 is 16.9 Å². The van der Waals surface area contributed by atoms with Crippen molar-refractivity contribution in [2.45, 2.75) is 50.7 Å². The summed E-state index contributed by atoms with van der Waals surface area (Å²) in [4.78, 5) is 12.1. The predicted octanol–water partition coefficient (Wildman–Crippen LogP) is 2.40. The van der Waals surface area contributed by atoms with Crippen molar-refractivity contribution < 1.29 is 0 Å². The summed E-state index contributed by atoms with van der Waals surface area (Å²) in [6, 6.07) is 9.58. The molecule has 2 aliphatic heterocycles. The Balaban J connectivity index is 1.80. The van der Waals surface area contributed by atoms with E-state index in [9.17, 15) is 0 Å². The molecule has 0 saturated carbocycles. The van der Waals surface area contributed by atoms with Crippen LogP contribution in [-0.4, -0.2) is 28.1 Å². The minimum atomic E-state index is 0.359. The maximum atomic E-state index is 6.16. The molecular weight excluding hydrogens is 248 g/mol. The van der Waals surface area contributed by atoms with Crippen molar-refractivity contribution in [2.75, 3.05) is 4.90 Å². The van der Waals surface area contributed by atoms with Gasteiger partial charge in [-0.3, -0.25) is 0 Å². The number of para-hydroxylation sites is 2. The van der Waals surface area contributed by atoms with Gasteiger partial charge in [0.05, 0.1) is 16.7 Å². The molecule has 2 atom stereocenters. The number of piperidine rings is 1. The number of benzene rings is 1. The number of rotatable bonds is 1. The van der Waals surface area contributed by atoms with E-state index in [0.717, 1.165) is 35.4 Å². The molecule has 2 aromatic rings. The van der Waals surface area contributed by atoms with Crippen LogP contribution in [0, 0.1) is 6.92 Å². The Labute approximate surface area is 119 Å². The summed E-state index contributed by atoms with van der Waals surface area (Å²) in [7, 11) is 0. The Morgan fingerprint density at radius 3 is 2.30 bits per heavy atom. The van der Waals surface area contributed by atoms with Crippen LogP contribution in [0.4, 0.5) is 5.82 Å². The highest BCUT2D eigenvalue weighted by molar-refractivity contribution is 5.76. The van der Waals surface area contributed by atoms with Gasteiger partial charge in [0.15, 0.2) is 5.82 Å². The van der Waals surface area contributed by atoms with Gasteiger partial charge in [-0.1, -0.05) is 12.1 Å². The molecule has 1 aromatic heterocycles. The Bertz CT molecular complexity index is 640. The third-order valence-electron chi connectivity index (χ3n) is 4.73. The van der Waals surface area contributed by atoms with Crippen molar-refractivity contribution in [1.29, 1.82) is 0 Å². The Morgan fingerprint density at radius 2 is 1.65 bits per heavy atom. The minimum Gasteiger partial charge on any atom is -0.349 e. The van der Waals surface area contributed by atoms with Crippen molar-refractivity contribution in [3.8, 4) is 0 Å². The highest BCUT2D eigenvalue weighted by atomic mass is 15.3. The van der Waals surface area contributed by atoms with E-state index in [4.69, 9.17) is 15.7 Å². The molecule has 4 nitrogen and oxygen atoms in total. The Morgan fingerprint density at radius 1 is 1.05 bits per heavy atom. The Kier molecular flexibility index (Phi) is 2.67. The van der Waals surface area contributed by atoms with E-state index in [1.165, 1.54) is 12.8 Å². The number of hydrogen-bond donors (Lipinski definition) is 1. The first kappa shape index (κ1) is 12.1. The summed E-state index contributed by atoms with van der Waals surface area (Å²) >= 11 is 0. The van der Waals surface area contributed by atoms with E-state index >= 15 is 0 Å². The van der Waals surface area contributed by atoms with Crippen molar-refractivity contribution in [1.82, 2.24) is 9.97 Å². The fourth-order valence-electron chi connectivity index (χ4n) is 3.89. The number of aromatic nitrogens is 2. The molecule has 2 bridgehead atoms. The second-order valence-corrected chi connectivity index (χ2v) is 6.15. The first-order valence-corrected chi connectivity index (χ1v) is 7.49. The third-order valence-corrected chi connectivity index (χ3v) is 4.73. The lowest BCUT2D eigenvalue weighted by molar-refractivity contribution is 0.411. The topological polar surface area (TPSA) is 55.0 Å². The van der Waals surface area contributed by atoms with Crippen LogP contribution >= 0.6 is 0 Å².